The molecule has 0 aromatic carbocycles. The zero-order chi connectivity index (χ0) is 16.4. The van der Waals surface area contributed by atoms with E-state index in [9.17, 15) is 4.79 Å². The molecule has 1 N–H and O–H groups in total. The Hall–Kier alpha value is -2.11. The van der Waals surface area contributed by atoms with E-state index in [4.69, 9.17) is 4.52 Å². The van der Waals surface area contributed by atoms with Crippen LogP contribution in [-0.4, -0.2) is 39.3 Å². The van der Waals surface area contributed by atoms with Crippen molar-refractivity contribution in [3.63, 3.8) is 0 Å². The topological polar surface area (TPSA) is 75.0 Å². The van der Waals surface area contributed by atoms with Gasteiger partial charge in [0.2, 0.25) is 0 Å². The monoisotopic (exact) mass is 316 g/mol. The lowest BCUT2D eigenvalue weighted by atomic mass is 9.92. The summed E-state index contributed by atoms with van der Waals surface area (Å²) in [7, 11) is 0. The predicted molar refractivity (Wildman–Crippen MR) is 86.3 cm³/mol. The third-order valence-corrected chi connectivity index (χ3v) is 4.71. The summed E-state index contributed by atoms with van der Waals surface area (Å²) < 4.78 is 5.22. The number of nitrogens with one attached hydrogen (secondary N) is 1. The van der Waals surface area contributed by atoms with Gasteiger partial charge in [0.25, 0.3) is 5.91 Å². The number of hydrogen-bond acceptors (Lipinski definition) is 4. The number of carbonyl (C=O) groups excluding carboxylic acids is 1. The summed E-state index contributed by atoms with van der Waals surface area (Å²) in [5.41, 5.74) is 3.79. The molecule has 1 amide bonds. The molecule has 0 aliphatic carbocycles. The van der Waals surface area contributed by atoms with Crippen molar-refractivity contribution >= 4 is 5.91 Å². The largest absolute Gasteiger partial charge is 0.361 e. The quantitative estimate of drug-likeness (QED) is 0.941. The van der Waals surface area contributed by atoms with Crippen LogP contribution in [0, 0.1) is 19.8 Å². The summed E-state index contributed by atoms with van der Waals surface area (Å²) in [5.74, 6) is 1.15. The molecular formula is C17H24N4O2. The van der Waals surface area contributed by atoms with Crippen LogP contribution in [0.25, 0.3) is 0 Å². The minimum Gasteiger partial charge on any atom is -0.361 e. The van der Waals surface area contributed by atoms with Crippen LogP contribution in [0.3, 0.4) is 0 Å². The summed E-state index contributed by atoms with van der Waals surface area (Å²) >= 11 is 0. The summed E-state index contributed by atoms with van der Waals surface area (Å²) in [6, 6.07) is 0. The fourth-order valence-corrected chi connectivity index (χ4v) is 3.38. The molecule has 1 fully saturated rings. The zero-order valence-electron chi connectivity index (χ0n) is 14.1. The van der Waals surface area contributed by atoms with Crippen LogP contribution in [0.2, 0.25) is 0 Å². The van der Waals surface area contributed by atoms with Crippen LogP contribution >= 0.6 is 0 Å². The van der Waals surface area contributed by atoms with Crippen molar-refractivity contribution in [1.82, 2.24) is 20.3 Å². The molecule has 1 atom stereocenters. The molecule has 3 rings (SSSR count). The molecule has 1 aliphatic heterocycles. The van der Waals surface area contributed by atoms with Crippen LogP contribution < -0.4 is 0 Å². The number of aromatic nitrogens is 3. The first kappa shape index (κ1) is 15.8. The summed E-state index contributed by atoms with van der Waals surface area (Å²) in [4.78, 5) is 14.8. The number of amides is 1. The highest BCUT2D eigenvalue weighted by atomic mass is 16.5. The Balaban J connectivity index is 1.72. The molecule has 2 aromatic rings. The second-order valence-electron chi connectivity index (χ2n) is 6.41. The van der Waals surface area contributed by atoms with Gasteiger partial charge in [0, 0.05) is 18.8 Å². The Morgan fingerprint density at radius 2 is 2.30 bits per heavy atom. The Labute approximate surface area is 136 Å². The van der Waals surface area contributed by atoms with Crippen molar-refractivity contribution in [2.24, 2.45) is 5.92 Å². The third-order valence-electron chi connectivity index (χ3n) is 4.71. The molecule has 3 heterocycles. The maximum absolute atomic E-state index is 12.9. The number of rotatable bonds is 4. The molecule has 124 valence electrons. The van der Waals surface area contributed by atoms with Crippen LogP contribution in [0.5, 0.6) is 0 Å². The second kappa shape index (κ2) is 6.56. The number of piperidine rings is 1. The smallest absolute Gasteiger partial charge is 0.259 e. The summed E-state index contributed by atoms with van der Waals surface area (Å²) in [6.07, 6.45) is 5.69. The van der Waals surface area contributed by atoms with E-state index in [-0.39, 0.29) is 5.91 Å². The minimum atomic E-state index is 0.0617. The molecule has 1 saturated heterocycles. The number of nitrogens with zero attached hydrogens (tertiary/aromatic N) is 3. The molecule has 1 aliphatic rings. The number of carbonyl (C=O) groups is 1. The first-order chi connectivity index (χ1) is 11.1. The standard InChI is InChI=1S/C17H24N4O2/c1-4-14-16(12(3)23-20-14)17(22)21-7-5-6-13(10-21)8-15-11(2)9-18-19-15/h9,13H,4-8,10H2,1-3H3,(H,18,19)/t13-/m0/s1. The lowest BCUT2D eigenvalue weighted by Crippen LogP contribution is -2.41. The molecular weight excluding hydrogens is 292 g/mol. The van der Waals surface area contributed by atoms with Gasteiger partial charge in [-0.15, -0.1) is 0 Å². The van der Waals surface area contributed by atoms with E-state index >= 15 is 0 Å². The number of aryl methyl sites for hydroxylation is 3. The van der Waals surface area contributed by atoms with Gasteiger partial charge in [0.1, 0.15) is 11.3 Å². The van der Waals surface area contributed by atoms with E-state index < -0.39 is 0 Å². The van der Waals surface area contributed by atoms with E-state index in [1.54, 1.807) is 0 Å². The van der Waals surface area contributed by atoms with Gasteiger partial charge in [-0.05, 0) is 51.0 Å². The fraction of sp³-hybridized carbons (Fsp3) is 0.588. The van der Waals surface area contributed by atoms with E-state index in [1.165, 1.54) is 11.3 Å². The van der Waals surface area contributed by atoms with E-state index in [0.29, 0.717) is 23.7 Å². The molecule has 0 bridgehead atoms. The highest BCUT2D eigenvalue weighted by molar-refractivity contribution is 5.96. The highest BCUT2D eigenvalue weighted by Crippen LogP contribution is 2.24. The van der Waals surface area contributed by atoms with Crippen molar-refractivity contribution in [3.05, 3.63) is 34.5 Å². The normalized spacial score (nSPS) is 18.4. The van der Waals surface area contributed by atoms with Crippen LogP contribution in [-0.2, 0) is 12.8 Å². The Morgan fingerprint density at radius 3 is 3.00 bits per heavy atom. The average Bonchev–Trinajstić information content (AvgIpc) is 3.13. The zero-order valence-corrected chi connectivity index (χ0v) is 14.1. The first-order valence-corrected chi connectivity index (χ1v) is 8.33. The number of hydrogen-bond donors (Lipinski definition) is 1. The summed E-state index contributed by atoms with van der Waals surface area (Å²) in [5, 5.41) is 11.2. The van der Waals surface area contributed by atoms with Crippen molar-refractivity contribution in [1.29, 1.82) is 0 Å². The third kappa shape index (κ3) is 3.16. The Kier molecular flexibility index (Phi) is 4.50. The molecule has 23 heavy (non-hydrogen) atoms. The minimum absolute atomic E-state index is 0.0617. The van der Waals surface area contributed by atoms with Crippen molar-refractivity contribution in [2.45, 2.75) is 46.5 Å². The Bertz CT molecular complexity index is 689. The number of aromatic amines is 1. The maximum atomic E-state index is 12.9. The molecule has 0 unspecified atom stereocenters. The average molecular weight is 316 g/mol. The SMILES string of the molecule is CCc1noc(C)c1C(=O)N1CCC[C@@H](Cc2[nH]ncc2C)C1. The lowest BCUT2D eigenvalue weighted by Gasteiger charge is -2.32. The van der Waals surface area contributed by atoms with Crippen LogP contribution in [0.4, 0.5) is 0 Å². The molecule has 2 aromatic heterocycles. The molecule has 6 heteroatoms. The second-order valence-corrected chi connectivity index (χ2v) is 6.41. The lowest BCUT2D eigenvalue weighted by molar-refractivity contribution is 0.0670. The molecule has 0 spiro atoms. The predicted octanol–water partition coefficient (Wildman–Crippen LogP) is 2.67. The first-order valence-electron chi connectivity index (χ1n) is 8.33. The number of likely N-dealkylation sites (tertiary alicyclic amines) is 1. The fourth-order valence-electron chi connectivity index (χ4n) is 3.38. The van der Waals surface area contributed by atoms with Gasteiger partial charge < -0.3 is 9.42 Å². The molecule has 0 radical (unpaired) electrons. The van der Waals surface area contributed by atoms with Gasteiger partial charge in [0.15, 0.2) is 0 Å². The van der Waals surface area contributed by atoms with Crippen molar-refractivity contribution in [2.75, 3.05) is 13.1 Å². The summed E-state index contributed by atoms with van der Waals surface area (Å²) in [6.45, 7) is 7.47. The molecule has 0 saturated carbocycles. The number of H-pyrrole nitrogens is 1. The highest BCUT2D eigenvalue weighted by Gasteiger charge is 2.29. The van der Waals surface area contributed by atoms with E-state index in [1.807, 2.05) is 24.9 Å². The van der Waals surface area contributed by atoms with Gasteiger partial charge in [-0.1, -0.05) is 12.1 Å². The van der Waals surface area contributed by atoms with Crippen LogP contribution in [0.15, 0.2) is 10.7 Å². The van der Waals surface area contributed by atoms with Crippen molar-refractivity contribution < 1.29 is 9.32 Å². The van der Waals surface area contributed by atoms with Crippen LogP contribution in [0.1, 0.15) is 52.8 Å². The van der Waals surface area contributed by atoms with Gasteiger partial charge in [-0.3, -0.25) is 9.89 Å². The van der Waals surface area contributed by atoms with Gasteiger partial charge in [0.05, 0.1) is 11.9 Å². The van der Waals surface area contributed by atoms with Gasteiger partial charge in [-0.2, -0.15) is 5.10 Å². The molecule has 6 nitrogen and oxygen atoms in total. The van der Waals surface area contributed by atoms with E-state index in [2.05, 4.69) is 22.3 Å². The van der Waals surface area contributed by atoms with E-state index in [0.717, 1.165) is 38.0 Å². The van der Waals surface area contributed by atoms with Crippen molar-refractivity contribution in [3.8, 4) is 0 Å². The van der Waals surface area contributed by atoms with Gasteiger partial charge >= 0.3 is 0 Å². The van der Waals surface area contributed by atoms with Gasteiger partial charge in [-0.25, -0.2) is 0 Å². The maximum Gasteiger partial charge on any atom is 0.259 e. The Morgan fingerprint density at radius 1 is 1.48 bits per heavy atom.